The molecule has 2 aliphatic carbocycles. The third kappa shape index (κ3) is 3.58. The minimum atomic E-state index is -0.950. The van der Waals surface area contributed by atoms with Gasteiger partial charge in [0.15, 0.2) is 0 Å². The Hall–Kier alpha value is -2.37. The highest BCUT2D eigenvalue weighted by molar-refractivity contribution is 5.97. The van der Waals surface area contributed by atoms with Gasteiger partial charge >= 0.3 is 5.97 Å². The van der Waals surface area contributed by atoms with Crippen LogP contribution in [-0.4, -0.2) is 29.4 Å². The Morgan fingerprint density at radius 2 is 1.79 bits per heavy atom. The van der Waals surface area contributed by atoms with Crippen LogP contribution in [0.5, 0.6) is 0 Å². The van der Waals surface area contributed by atoms with Crippen molar-refractivity contribution >= 4 is 23.5 Å². The normalized spacial score (nSPS) is 20.6. The van der Waals surface area contributed by atoms with E-state index in [0.29, 0.717) is 11.3 Å². The Labute approximate surface area is 140 Å². The molecule has 1 unspecified atom stereocenters. The first-order valence-corrected chi connectivity index (χ1v) is 8.41. The zero-order valence-corrected chi connectivity index (χ0v) is 13.5. The number of carbonyl (C=O) groups is 3. The van der Waals surface area contributed by atoms with Gasteiger partial charge in [-0.25, -0.2) is 0 Å². The van der Waals surface area contributed by atoms with Crippen molar-refractivity contribution in [2.75, 3.05) is 11.9 Å². The second-order valence-corrected chi connectivity index (χ2v) is 6.79. The van der Waals surface area contributed by atoms with Crippen LogP contribution in [0.25, 0.3) is 0 Å². The van der Waals surface area contributed by atoms with Gasteiger partial charge in [-0.15, -0.1) is 0 Å². The van der Waals surface area contributed by atoms with E-state index in [1.807, 2.05) is 0 Å². The molecule has 2 saturated carbocycles. The molecule has 1 aromatic rings. The number of hydrogen-bond acceptors (Lipinski definition) is 3. The van der Waals surface area contributed by atoms with E-state index >= 15 is 0 Å². The number of rotatable bonds is 6. The number of carboxylic acid groups (broad SMARTS) is 1. The largest absolute Gasteiger partial charge is 0.481 e. The molecule has 2 amide bonds. The average Bonchev–Trinajstić information content (AvgIpc) is 3.05. The van der Waals surface area contributed by atoms with Crippen molar-refractivity contribution in [1.82, 2.24) is 5.32 Å². The van der Waals surface area contributed by atoms with Crippen LogP contribution >= 0.6 is 0 Å². The van der Waals surface area contributed by atoms with Crippen molar-refractivity contribution in [3.8, 4) is 0 Å². The van der Waals surface area contributed by atoms with Gasteiger partial charge in [0, 0.05) is 23.7 Å². The van der Waals surface area contributed by atoms with E-state index in [1.165, 1.54) is 25.7 Å². The summed E-state index contributed by atoms with van der Waals surface area (Å²) in [5.74, 6) is -1.05. The van der Waals surface area contributed by atoms with E-state index < -0.39 is 5.97 Å². The van der Waals surface area contributed by atoms with Gasteiger partial charge in [0.25, 0.3) is 5.91 Å². The summed E-state index contributed by atoms with van der Waals surface area (Å²) < 4.78 is 0. The third-order valence-corrected chi connectivity index (χ3v) is 5.14. The van der Waals surface area contributed by atoms with Gasteiger partial charge in [0.2, 0.25) is 5.91 Å². The summed E-state index contributed by atoms with van der Waals surface area (Å²) >= 11 is 0. The van der Waals surface area contributed by atoms with E-state index in [9.17, 15) is 14.4 Å². The van der Waals surface area contributed by atoms with Gasteiger partial charge in [-0.3, -0.25) is 14.4 Å². The Morgan fingerprint density at radius 1 is 1.12 bits per heavy atom. The molecule has 2 fully saturated rings. The maximum Gasteiger partial charge on any atom is 0.305 e. The lowest BCUT2D eigenvalue weighted by molar-refractivity contribution is -0.136. The Kier molecular flexibility index (Phi) is 4.55. The highest BCUT2D eigenvalue weighted by Gasteiger charge is 2.58. The number of nitrogens with one attached hydrogen (secondary N) is 2. The molecule has 0 aromatic heterocycles. The fourth-order valence-electron chi connectivity index (χ4n) is 3.67. The number of hydrogen-bond donors (Lipinski definition) is 3. The predicted molar refractivity (Wildman–Crippen MR) is 88.7 cm³/mol. The third-order valence-electron chi connectivity index (χ3n) is 5.14. The van der Waals surface area contributed by atoms with Crippen LogP contribution in [0.15, 0.2) is 24.3 Å². The number of aliphatic carboxylic acids is 1. The lowest BCUT2D eigenvalue weighted by Gasteiger charge is -2.10. The minimum Gasteiger partial charge on any atom is -0.481 e. The molecule has 24 heavy (non-hydrogen) atoms. The molecule has 128 valence electrons. The summed E-state index contributed by atoms with van der Waals surface area (Å²) in [6.45, 7) is 0.0937. The molecule has 0 bridgehead atoms. The molecule has 1 aromatic carbocycles. The van der Waals surface area contributed by atoms with E-state index in [4.69, 9.17) is 5.11 Å². The number of benzene rings is 1. The fraction of sp³-hybridized carbons (Fsp3) is 0.500. The lowest BCUT2D eigenvalue weighted by atomic mass is 10.0. The molecular weight excluding hydrogens is 308 g/mol. The zero-order valence-electron chi connectivity index (χ0n) is 13.5. The first-order valence-electron chi connectivity index (χ1n) is 8.41. The van der Waals surface area contributed by atoms with Crippen molar-refractivity contribution < 1.29 is 19.5 Å². The molecule has 3 N–H and O–H groups in total. The van der Waals surface area contributed by atoms with Gasteiger partial charge in [-0.1, -0.05) is 12.8 Å². The number of anilines is 1. The summed E-state index contributed by atoms with van der Waals surface area (Å²) in [5.41, 5.74) is 1.40. The maximum absolute atomic E-state index is 12.3. The monoisotopic (exact) mass is 330 g/mol. The molecule has 3 rings (SSSR count). The van der Waals surface area contributed by atoms with Gasteiger partial charge in [-0.2, -0.15) is 0 Å². The predicted octanol–water partition coefficient (Wildman–Crippen LogP) is 2.41. The van der Waals surface area contributed by atoms with E-state index in [-0.39, 0.29) is 36.1 Å². The number of carboxylic acids is 1. The zero-order chi connectivity index (χ0) is 17.2. The number of amides is 2. The Morgan fingerprint density at radius 3 is 2.42 bits per heavy atom. The second-order valence-electron chi connectivity index (χ2n) is 6.79. The smallest absolute Gasteiger partial charge is 0.305 e. The molecule has 0 radical (unpaired) electrons. The van der Waals surface area contributed by atoms with Crippen LogP contribution in [0.4, 0.5) is 5.69 Å². The van der Waals surface area contributed by atoms with Crippen LogP contribution in [0.1, 0.15) is 48.9 Å². The summed E-state index contributed by atoms with van der Waals surface area (Å²) in [5, 5.41) is 14.0. The molecule has 1 atom stereocenters. The van der Waals surface area contributed by atoms with Crippen molar-refractivity contribution in [2.45, 2.75) is 38.5 Å². The molecule has 2 aliphatic rings. The summed E-state index contributed by atoms with van der Waals surface area (Å²) in [6, 6.07) is 6.66. The van der Waals surface area contributed by atoms with Crippen molar-refractivity contribution in [3.05, 3.63) is 29.8 Å². The highest BCUT2D eigenvalue weighted by Crippen LogP contribution is 2.63. The topological polar surface area (TPSA) is 95.5 Å². The van der Waals surface area contributed by atoms with Crippen LogP contribution < -0.4 is 10.6 Å². The Bertz CT molecular complexity index is 647. The van der Waals surface area contributed by atoms with E-state index in [1.54, 1.807) is 24.3 Å². The molecule has 6 nitrogen and oxygen atoms in total. The fourth-order valence-corrected chi connectivity index (χ4v) is 3.67. The second kappa shape index (κ2) is 6.63. The van der Waals surface area contributed by atoms with Crippen molar-refractivity contribution in [1.29, 1.82) is 0 Å². The van der Waals surface area contributed by atoms with E-state index in [2.05, 4.69) is 10.6 Å². The molecular formula is C18H22N2O4. The van der Waals surface area contributed by atoms with Crippen LogP contribution in [0, 0.1) is 11.3 Å². The quantitative estimate of drug-likeness (QED) is 0.746. The first kappa shape index (κ1) is 16.5. The number of carbonyl (C=O) groups excluding carboxylic acids is 2. The van der Waals surface area contributed by atoms with Crippen LogP contribution in [-0.2, 0) is 9.59 Å². The first-order chi connectivity index (χ1) is 11.5. The summed E-state index contributed by atoms with van der Waals surface area (Å²) in [6.07, 6.45) is 5.69. The van der Waals surface area contributed by atoms with E-state index in [0.717, 1.165) is 6.42 Å². The lowest BCUT2D eigenvalue weighted by Crippen LogP contribution is -2.26. The Balaban J connectivity index is 1.50. The van der Waals surface area contributed by atoms with Gasteiger partial charge in [-0.05, 0) is 48.9 Å². The molecule has 0 saturated heterocycles. The minimum absolute atomic E-state index is 0.0792. The van der Waals surface area contributed by atoms with Crippen molar-refractivity contribution in [3.63, 3.8) is 0 Å². The standard InChI is InChI=1S/C18H22N2O4/c21-15(22)7-10-19-16(23)12-3-5-13(6-4-12)20-17(24)14-11-18(14)8-1-2-9-18/h3-6,14H,1-2,7-11H2,(H,19,23)(H,20,24)(H,21,22). The van der Waals surface area contributed by atoms with Crippen LogP contribution in [0.2, 0.25) is 0 Å². The molecule has 6 heteroatoms. The van der Waals surface area contributed by atoms with Crippen molar-refractivity contribution in [2.24, 2.45) is 11.3 Å². The van der Waals surface area contributed by atoms with Gasteiger partial charge in [0.05, 0.1) is 6.42 Å². The van der Waals surface area contributed by atoms with Crippen LogP contribution in [0.3, 0.4) is 0 Å². The molecule has 0 aliphatic heterocycles. The summed E-state index contributed by atoms with van der Waals surface area (Å²) in [7, 11) is 0. The average molecular weight is 330 g/mol. The molecule has 0 heterocycles. The maximum atomic E-state index is 12.3. The van der Waals surface area contributed by atoms with Gasteiger partial charge in [0.1, 0.15) is 0 Å². The summed E-state index contributed by atoms with van der Waals surface area (Å²) in [4.78, 5) is 34.6. The SMILES string of the molecule is O=C(O)CCNC(=O)c1ccc(NC(=O)C2CC23CCCC3)cc1. The molecule has 1 spiro atoms. The van der Waals surface area contributed by atoms with Gasteiger partial charge < -0.3 is 15.7 Å². The highest BCUT2D eigenvalue weighted by atomic mass is 16.4.